The fraction of sp³-hybridized carbons (Fsp3) is 0.368. The van der Waals surface area contributed by atoms with Gasteiger partial charge in [-0.2, -0.15) is 0 Å². The first-order valence-corrected chi connectivity index (χ1v) is 10.8. The zero-order valence-electron chi connectivity index (χ0n) is 15.5. The lowest BCUT2D eigenvalue weighted by molar-refractivity contribution is -0.117. The summed E-state index contributed by atoms with van der Waals surface area (Å²) in [7, 11) is 0. The van der Waals surface area contributed by atoms with Crippen molar-refractivity contribution in [2.75, 3.05) is 12.3 Å². The molecular formula is C19H22N4O3S2. The molecule has 7 nitrogen and oxygen atoms in total. The number of carbonyl (C=O) groups excluding carboxylic acids is 2. The van der Waals surface area contributed by atoms with Crippen LogP contribution in [0.2, 0.25) is 0 Å². The number of amides is 3. The number of aryl methyl sites for hydroxylation is 2. The van der Waals surface area contributed by atoms with Crippen molar-refractivity contribution in [1.29, 1.82) is 0 Å². The second-order valence-corrected chi connectivity index (χ2v) is 8.35. The standard InChI is InChI=1S/C19H22N4O3S2/c1-3-9-20-18(26)21-14(24)11-27-19-22-16-15(17(25)23(19)10-4-2)12-7-5-6-8-13(12)28-16/h3-4H,1-2,5-11H2,(H2,20,21,24,26). The number of hydrogen-bond donors (Lipinski definition) is 2. The molecule has 0 atom stereocenters. The van der Waals surface area contributed by atoms with Gasteiger partial charge in [-0.25, -0.2) is 9.78 Å². The van der Waals surface area contributed by atoms with E-state index in [0.717, 1.165) is 47.8 Å². The van der Waals surface area contributed by atoms with Crippen LogP contribution in [0.1, 0.15) is 23.3 Å². The van der Waals surface area contributed by atoms with E-state index in [9.17, 15) is 14.4 Å². The van der Waals surface area contributed by atoms with Gasteiger partial charge >= 0.3 is 6.03 Å². The molecule has 2 aromatic rings. The van der Waals surface area contributed by atoms with Crippen LogP contribution >= 0.6 is 23.1 Å². The number of rotatable bonds is 7. The van der Waals surface area contributed by atoms with E-state index in [-0.39, 0.29) is 17.9 Å². The van der Waals surface area contributed by atoms with Crippen molar-refractivity contribution in [1.82, 2.24) is 20.2 Å². The number of fused-ring (bicyclic) bond motifs is 3. The lowest BCUT2D eigenvalue weighted by Crippen LogP contribution is -2.40. The Kier molecular flexibility index (Phi) is 6.69. The number of urea groups is 1. The smallest absolute Gasteiger partial charge is 0.321 e. The Morgan fingerprint density at radius 2 is 2.04 bits per heavy atom. The molecule has 0 saturated heterocycles. The van der Waals surface area contributed by atoms with Crippen molar-refractivity contribution < 1.29 is 9.59 Å². The van der Waals surface area contributed by atoms with Crippen molar-refractivity contribution in [3.8, 4) is 0 Å². The number of hydrogen-bond acceptors (Lipinski definition) is 6. The number of imide groups is 1. The summed E-state index contributed by atoms with van der Waals surface area (Å²) in [6.45, 7) is 7.80. The fourth-order valence-corrected chi connectivity index (χ4v) is 5.23. The van der Waals surface area contributed by atoms with E-state index >= 15 is 0 Å². The molecule has 0 saturated carbocycles. The molecule has 0 radical (unpaired) electrons. The highest BCUT2D eigenvalue weighted by Crippen LogP contribution is 2.34. The molecule has 0 bridgehead atoms. The molecule has 3 rings (SSSR count). The van der Waals surface area contributed by atoms with Crippen LogP contribution in [0.15, 0.2) is 35.3 Å². The molecule has 2 aromatic heterocycles. The van der Waals surface area contributed by atoms with Gasteiger partial charge in [0.05, 0.1) is 11.1 Å². The van der Waals surface area contributed by atoms with Crippen molar-refractivity contribution in [3.05, 3.63) is 46.1 Å². The molecule has 0 aliphatic heterocycles. The summed E-state index contributed by atoms with van der Waals surface area (Å²) in [5, 5.41) is 5.87. The number of nitrogens with one attached hydrogen (secondary N) is 2. The second kappa shape index (κ2) is 9.20. The first kappa shape index (κ1) is 20.3. The van der Waals surface area contributed by atoms with Crippen LogP contribution in [-0.2, 0) is 24.2 Å². The van der Waals surface area contributed by atoms with E-state index in [1.54, 1.807) is 22.0 Å². The molecule has 1 aliphatic carbocycles. The third kappa shape index (κ3) is 4.36. The van der Waals surface area contributed by atoms with Crippen LogP contribution in [0.4, 0.5) is 4.79 Å². The molecule has 0 aromatic carbocycles. The van der Waals surface area contributed by atoms with Crippen LogP contribution in [-0.4, -0.2) is 33.8 Å². The molecule has 2 heterocycles. The number of thioether (sulfide) groups is 1. The van der Waals surface area contributed by atoms with Crippen molar-refractivity contribution in [3.63, 3.8) is 0 Å². The van der Waals surface area contributed by atoms with E-state index in [1.165, 1.54) is 11.0 Å². The molecule has 3 amide bonds. The van der Waals surface area contributed by atoms with Gasteiger partial charge in [0.1, 0.15) is 4.83 Å². The van der Waals surface area contributed by atoms with E-state index in [2.05, 4.69) is 28.8 Å². The molecule has 9 heteroatoms. The SMILES string of the molecule is C=CCNC(=O)NC(=O)CSc1nc2sc3c(c2c(=O)n1CC=C)CCCC3. The Labute approximate surface area is 170 Å². The van der Waals surface area contributed by atoms with Gasteiger partial charge in [0, 0.05) is 18.0 Å². The van der Waals surface area contributed by atoms with Crippen molar-refractivity contribution in [2.45, 2.75) is 37.4 Å². The van der Waals surface area contributed by atoms with E-state index < -0.39 is 11.9 Å². The molecule has 148 valence electrons. The van der Waals surface area contributed by atoms with Crippen LogP contribution in [0.25, 0.3) is 10.2 Å². The van der Waals surface area contributed by atoms with Gasteiger partial charge in [0.15, 0.2) is 5.16 Å². The fourth-order valence-electron chi connectivity index (χ4n) is 3.12. The van der Waals surface area contributed by atoms with E-state index in [4.69, 9.17) is 0 Å². The maximum Gasteiger partial charge on any atom is 0.321 e. The predicted octanol–water partition coefficient (Wildman–Crippen LogP) is 2.63. The third-order valence-corrected chi connectivity index (χ3v) is 6.51. The average Bonchev–Trinajstić information content (AvgIpc) is 3.05. The molecular weight excluding hydrogens is 396 g/mol. The van der Waals surface area contributed by atoms with E-state index in [1.807, 2.05) is 0 Å². The van der Waals surface area contributed by atoms with Gasteiger partial charge in [-0.15, -0.1) is 24.5 Å². The number of allylic oxidation sites excluding steroid dienone is 1. The zero-order chi connectivity index (χ0) is 20.1. The van der Waals surface area contributed by atoms with Gasteiger partial charge in [-0.1, -0.05) is 23.9 Å². The summed E-state index contributed by atoms with van der Waals surface area (Å²) < 4.78 is 1.55. The quantitative estimate of drug-likeness (QED) is 0.410. The topological polar surface area (TPSA) is 93.1 Å². The highest BCUT2D eigenvalue weighted by atomic mass is 32.2. The van der Waals surface area contributed by atoms with Crippen LogP contribution in [0, 0.1) is 0 Å². The first-order chi connectivity index (χ1) is 13.5. The Morgan fingerprint density at radius 3 is 2.79 bits per heavy atom. The maximum atomic E-state index is 13.1. The monoisotopic (exact) mass is 418 g/mol. The van der Waals surface area contributed by atoms with E-state index in [0.29, 0.717) is 17.1 Å². The lowest BCUT2D eigenvalue weighted by Gasteiger charge is -2.12. The van der Waals surface area contributed by atoms with Crippen LogP contribution < -0.4 is 16.2 Å². The zero-order valence-corrected chi connectivity index (χ0v) is 17.1. The average molecular weight is 419 g/mol. The van der Waals surface area contributed by atoms with Gasteiger partial charge in [-0.3, -0.25) is 19.5 Å². The summed E-state index contributed by atoms with van der Waals surface area (Å²) >= 11 is 2.71. The first-order valence-electron chi connectivity index (χ1n) is 9.02. The summed E-state index contributed by atoms with van der Waals surface area (Å²) in [5.74, 6) is -0.488. The van der Waals surface area contributed by atoms with Gasteiger partial charge < -0.3 is 5.32 Å². The maximum absolute atomic E-state index is 13.1. The summed E-state index contributed by atoms with van der Waals surface area (Å²) in [4.78, 5) is 43.3. The molecule has 0 spiro atoms. The lowest BCUT2D eigenvalue weighted by atomic mass is 9.97. The number of nitrogens with zero attached hydrogens (tertiary/aromatic N) is 2. The second-order valence-electron chi connectivity index (χ2n) is 6.33. The molecule has 28 heavy (non-hydrogen) atoms. The predicted molar refractivity (Wildman–Crippen MR) is 113 cm³/mol. The van der Waals surface area contributed by atoms with Crippen LogP contribution in [0.5, 0.6) is 0 Å². The minimum Gasteiger partial charge on any atom is -0.334 e. The minimum atomic E-state index is -0.580. The minimum absolute atomic E-state index is 0.0261. The highest BCUT2D eigenvalue weighted by Gasteiger charge is 2.22. The summed E-state index contributed by atoms with van der Waals surface area (Å²) in [6.07, 6.45) is 7.28. The normalized spacial score (nSPS) is 13.0. The summed E-state index contributed by atoms with van der Waals surface area (Å²) in [6, 6.07) is -0.580. The molecule has 1 aliphatic rings. The van der Waals surface area contributed by atoms with Crippen molar-refractivity contribution in [2.24, 2.45) is 0 Å². The largest absolute Gasteiger partial charge is 0.334 e. The van der Waals surface area contributed by atoms with Gasteiger partial charge in [-0.05, 0) is 31.2 Å². The molecule has 2 N–H and O–H groups in total. The number of aromatic nitrogens is 2. The number of carbonyl (C=O) groups is 2. The van der Waals surface area contributed by atoms with Gasteiger partial charge in [0.25, 0.3) is 5.56 Å². The summed E-state index contributed by atoms with van der Waals surface area (Å²) in [5.41, 5.74) is 1.05. The Hall–Kier alpha value is -2.39. The Bertz CT molecular complexity index is 993. The van der Waals surface area contributed by atoms with Crippen LogP contribution in [0.3, 0.4) is 0 Å². The van der Waals surface area contributed by atoms with Crippen molar-refractivity contribution >= 4 is 45.3 Å². The molecule has 0 unspecified atom stereocenters. The third-order valence-electron chi connectivity index (χ3n) is 4.34. The molecule has 0 fully saturated rings. The van der Waals surface area contributed by atoms with Gasteiger partial charge in [0.2, 0.25) is 5.91 Å². The Morgan fingerprint density at radius 1 is 1.25 bits per heavy atom. The Balaban J connectivity index is 1.84. The number of thiophene rings is 1. The highest BCUT2D eigenvalue weighted by molar-refractivity contribution is 7.99.